The summed E-state index contributed by atoms with van der Waals surface area (Å²) in [6.07, 6.45) is -15.5. The smallest absolute Gasteiger partial charge is 0.245 e. The van der Waals surface area contributed by atoms with Crippen molar-refractivity contribution in [2.75, 3.05) is 0 Å². The number of alkyl halides is 8. The van der Waals surface area contributed by atoms with Crippen molar-refractivity contribution in [3.8, 4) is 0 Å². The Kier molecular flexibility index (Phi) is 3.83. The average molecular weight is 233 g/mol. The van der Waals surface area contributed by atoms with Crippen molar-refractivity contribution in [2.24, 2.45) is 0 Å². The van der Waals surface area contributed by atoms with Gasteiger partial charge in [-0.05, 0) is 0 Å². The van der Waals surface area contributed by atoms with Gasteiger partial charge < -0.3 is 0 Å². The van der Waals surface area contributed by atoms with E-state index >= 15 is 0 Å². The molecule has 0 aliphatic carbocycles. The van der Waals surface area contributed by atoms with E-state index in [2.05, 4.69) is 11.6 Å². The van der Waals surface area contributed by atoms with Gasteiger partial charge in [0.15, 0.2) is 5.38 Å². The van der Waals surface area contributed by atoms with E-state index in [-0.39, 0.29) is 0 Å². The molecule has 0 saturated heterocycles. The molecular weight excluding hydrogens is 228 g/mol. The van der Waals surface area contributed by atoms with Crippen molar-refractivity contribution in [3.05, 3.63) is 0 Å². The largest absolute Gasteiger partial charge is 0.407 e. The van der Waals surface area contributed by atoms with Crippen LogP contribution < -0.4 is 0 Å². The van der Waals surface area contributed by atoms with Crippen LogP contribution in [0.15, 0.2) is 0 Å². The minimum Gasteiger partial charge on any atom is -0.245 e. The molecule has 0 aromatic rings. The second-order valence-electron chi connectivity index (χ2n) is 2.28. The van der Waals surface area contributed by atoms with Crippen molar-refractivity contribution in [2.45, 2.75) is 30.3 Å². The molecule has 13 heavy (non-hydrogen) atoms. The fourth-order valence-corrected chi connectivity index (χ4v) is 0.619. The van der Waals surface area contributed by atoms with Gasteiger partial charge in [0.2, 0.25) is 0 Å². The fourth-order valence-electron chi connectivity index (χ4n) is 0.530. The first-order valence-electron chi connectivity index (χ1n) is 2.95. The van der Waals surface area contributed by atoms with Gasteiger partial charge in [0.1, 0.15) is 6.17 Å². The van der Waals surface area contributed by atoms with E-state index in [0.29, 0.717) is 0 Å². The topological polar surface area (TPSA) is 0 Å². The third kappa shape index (κ3) is 5.17. The summed E-state index contributed by atoms with van der Waals surface area (Å²) < 4.78 is 81.0. The summed E-state index contributed by atoms with van der Waals surface area (Å²) in [4.78, 5) is 0. The minimum atomic E-state index is -5.16. The van der Waals surface area contributed by atoms with Gasteiger partial charge in [-0.2, -0.15) is 26.3 Å². The predicted octanol–water partition coefficient (Wildman–Crippen LogP) is 3.45. The third-order valence-corrected chi connectivity index (χ3v) is 1.58. The summed E-state index contributed by atoms with van der Waals surface area (Å²) in [6.45, 7) is 0. The van der Waals surface area contributed by atoms with Crippen molar-refractivity contribution in [1.82, 2.24) is 0 Å². The van der Waals surface area contributed by atoms with Crippen LogP contribution in [-0.4, -0.2) is 23.9 Å². The summed E-state index contributed by atoms with van der Waals surface area (Å²) in [5.41, 5.74) is 0. The van der Waals surface area contributed by atoms with Gasteiger partial charge in [0, 0.05) is 0 Å². The lowest BCUT2D eigenvalue weighted by Gasteiger charge is -2.18. The van der Waals surface area contributed by atoms with E-state index in [1.54, 1.807) is 0 Å². The first-order chi connectivity index (χ1) is 5.54. The van der Waals surface area contributed by atoms with Crippen molar-refractivity contribution in [1.29, 1.82) is 0 Å². The Hall–Kier alpha value is -0.200. The second kappa shape index (κ2) is 3.89. The Morgan fingerprint density at radius 2 is 1.38 bits per heavy atom. The molecular formula is C5H4ClF7. The summed E-state index contributed by atoms with van der Waals surface area (Å²) in [5.74, 6) is 0. The molecule has 0 nitrogen and oxygen atoms in total. The maximum Gasteiger partial charge on any atom is 0.407 e. The third-order valence-electron chi connectivity index (χ3n) is 1.06. The van der Waals surface area contributed by atoms with Crippen LogP contribution in [0.3, 0.4) is 0 Å². The highest BCUT2D eigenvalue weighted by molar-refractivity contribution is 6.21. The Morgan fingerprint density at radius 1 is 1.00 bits per heavy atom. The number of rotatable bonds is 2. The highest BCUT2D eigenvalue weighted by Crippen LogP contribution is 2.34. The molecule has 0 aliphatic rings. The lowest BCUT2D eigenvalue weighted by atomic mass is 10.2. The summed E-state index contributed by atoms with van der Waals surface area (Å²) in [5, 5.41) is -3.12. The van der Waals surface area contributed by atoms with Gasteiger partial charge in [-0.1, -0.05) is 0 Å². The Morgan fingerprint density at radius 3 is 1.62 bits per heavy atom. The van der Waals surface area contributed by atoms with Gasteiger partial charge >= 0.3 is 12.4 Å². The van der Waals surface area contributed by atoms with Crippen molar-refractivity contribution >= 4 is 11.6 Å². The monoisotopic (exact) mass is 232 g/mol. The van der Waals surface area contributed by atoms with E-state index in [1.807, 2.05) is 0 Å². The van der Waals surface area contributed by atoms with Gasteiger partial charge in [-0.3, -0.25) is 0 Å². The lowest BCUT2D eigenvalue weighted by Crippen LogP contribution is -2.35. The van der Waals surface area contributed by atoms with Crippen LogP contribution in [0.1, 0.15) is 6.42 Å². The summed E-state index contributed by atoms with van der Waals surface area (Å²) >= 11 is 4.41. The number of hydrogen-bond donors (Lipinski definition) is 0. The van der Waals surface area contributed by atoms with Crippen molar-refractivity contribution < 1.29 is 30.7 Å². The zero-order chi connectivity index (χ0) is 10.9. The molecule has 0 aromatic heterocycles. The molecule has 0 N–H and O–H groups in total. The second-order valence-corrected chi connectivity index (χ2v) is 2.75. The minimum absolute atomic E-state index is 2.19. The van der Waals surface area contributed by atoms with E-state index in [1.165, 1.54) is 0 Å². The Balaban J connectivity index is 4.20. The van der Waals surface area contributed by atoms with Gasteiger partial charge in [-0.25, -0.2) is 4.39 Å². The highest BCUT2D eigenvalue weighted by atomic mass is 35.5. The maximum absolute atomic E-state index is 12.2. The average Bonchev–Trinajstić information content (AvgIpc) is 1.79. The van der Waals surface area contributed by atoms with E-state index in [9.17, 15) is 30.7 Å². The van der Waals surface area contributed by atoms with Crippen LogP contribution in [0, 0.1) is 0 Å². The fraction of sp³-hybridized carbons (Fsp3) is 1.00. The molecule has 0 heterocycles. The van der Waals surface area contributed by atoms with Crippen molar-refractivity contribution in [3.63, 3.8) is 0 Å². The zero-order valence-corrected chi connectivity index (χ0v) is 6.64. The van der Waals surface area contributed by atoms with Crippen LogP contribution in [-0.2, 0) is 0 Å². The van der Waals surface area contributed by atoms with Crippen LogP contribution in [0.2, 0.25) is 0 Å². The van der Waals surface area contributed by atoms with Crippen LogP contribution in [0.25, 0.3) is 0 Å². The standard InChI is InChI=1S/C5H4ClF7/c6-3(5(11,12)13)2(7)1-4(8,9)10/h2-3H,1H2. The normalized spacial score (nSPS) is 18.5. The van der Waals surface area contributed by atoms with Crippen LogP contribution in [0.4, 0.5) is 30.7 Å². The molecule has 8 heteroatoms. The number of hydrogen-bond acceptors (Lipinski definition) is 0. The molecule has 0 aliphatic heterocycles. The Labute approximate surface area is 73.7 Å². The highest BCUT2D eigenvalue weighted by Gasteiger charge is 2.47. The Bertz CT molecular complexity index is 159. The maximum atomic E-state index is 12.2. The molecule has 0 radical (unpaired) electrons. The van der Waals surface area contributed by atoms with Gasteiger partial charge in [-0.15, -0.1) is 11.6 Å². The molecule has 0 saturated carbocycles. The molecule has 0 bridgehead atoms. The van der Waals surface area contributed by atoms with Crippen LogP contribution >= 0.6 is 11.6 Å². The molecule has 0 amide bonds. The lowest BCUT2D eigenvalue weighted by molar-refractivity contribution is -0.172. The van der Waals surface area contributed by atoms with Gasteiger partial charge in [0.25, 0.3) is 0 Å². The molecule has 0 spiro atoms. The quantitative estimate of drug-likeness (QED) is 0.505. The molecule has 80 valence electrons. The van der Waals surface area contributed by atoms with E-state index in [0.717, 1.165) is 0 Å². The molecule has 0 rings (SSSR count). The summed E-state index contributed by atoms with van der Waals surface area (Å²) in [6, 6.07) is 0. The first kappa shape index (κ1) is 12.8. The van der Waals surface area contributed by atoms with Crippen LogP contribution in [0.5, 0.6) is 0 Å². The zero-order valence-electron chi connectivity index (χ0n) is 5.89. The predicted molar refractivity (Wildman–Crippen MR) is 31.3 cm³/mol. The molecule has 0 fully saturated rings. The molecule has 0 aromatic carbocycles. The SMILES string of the molecule is FC(CC(F)(F)F)C(Cl)C(F)(F)F. The van der Waals surface area contributed by atoms with E-state index < -0.39 is 30.3 Å². The van der Waals surface area contributed by atoms with Gasteiger partial charge in [0.05, 0.1) is 6.42 Å². The molecule has 2 atom stereocenters. The first-order valence-corrected chi connectivity index (χ1v) is 3.39. The summed E-state index contributed by atoms with van der Waals surface area (Å²) in [7, 11) is 0. The van der Waals surface area contributed by atoms with E-state index in [4.69, 9.17) is 0 Å². The number of halogens is 8. The molecule has 2 unspecified atom stereocenters.